The molecule has 166 valence electrons. The topological polar surface area (TPSA) is 68.1 Å². The van der Waals surface area contributed by atoms with Gasteiger partial charge in [0.1, 0.15) is 15.6 Å². The Hall–Kier alpha value is -2.26. The second-order valence-corrected chi connectivity index (χ2v) is 11.8. The van der Waals surface area contributed by atoms with Gasteiger partial charge in [-0.05, 0) is 49.1 Å². The average Bonchev–Trinajstić information content (AvgIpc) is 3.42. The van der Waals surface area contributed by atoms with Crippen molar-refractivity contribution in [2.75, 3.05) is 13.1 Å². The van der Waals surface area contributed by atoms with E-state index in [1.807, 2.05) is 18.2 Å². The minimum absolute atomic E-state index is 0.166. The predicted molar refractivity (Wildman–Crippen MR) is 128 cm³/mol. The molecule has 4 heterocycles. The van der Waals surface area contributed by atoms with Crippen molar-refractivity contribution in [2.24, 2.45) is 0 Å². The first-order valence-electron chi connectivity index (χ1n) is 10.6. The van der Waals surface area contributed by atoms with Crippen molar-refractivity contribution < 1.29 is 8.42 Å². The van der Waals surface area contributed by atoms with Crippen LogP contribution in [0.1, 0.15) is 30.3 Å². The highest BCUT2D eigenvalue weighted by Crippen LogP contribution is 2.33. The van der Waals surface area contributed by atoms with Gasteiger partial charge in [0.05, 0.1) is 4.34 Å². The van der Waals surface area contributed by atoms with Crippen LogP contribution >= 0.6 is 22.9 Å². The quantitative estimate of drug-likeness (QED) is 0.386. The molecule has 4 aromatic rings. The molecule has 6 nitrogen and oxygen atoms in total. The molecule has 0 amide bonds. The second-order valence-electron chi connectivity index (χ2n) is 7.92. The molecule has 0 saturated carbocycles. The summed E-state index contributed by atoms with van der Waals surface area (Å²) in [5.74, 6) is 1.01. The summed E-state index contributed by atoms with van der Waals surface area (Å²) in [6, 6.07) is 17.7. The van der Waals surface area contributed by atoms with Crippen LogP contribution in [0.4, 0.5) is 0 Å². The lowest BCUT2D eigenvalue weighted by atomic mass is 10.1. The summed E-state index contributed by atoms with van der Waals surface area (Å²) in [7, 11) is -3.51. The number of imidazole rings is 1. The highest BCUT2D eigenvalue weighted by Gasteiger charge is 2.32. The molecule has 1 aliphatic rings. The standard InChI is InChI=1S/C23H23ClN4O2S2/c24-20-9-11-22(31-20)32(29,30)27-15-12-18(13-16-27)28-21(10-8-17-5-2-1-3-6-17)26-19-7-4-14-25-23(19)28/h1-7,9,11,14,18H,8,10,12-13,15-16H2. The summed E-state index contributed by atoms with van der Waals surface area (Å²) in [5.41, 5.74) is 3.04. The number of pyridine rings is 1. The number of fused-ring (bicyclic) bond motifs is 1. The van der Waals surface area contributed by atoms with Crippen molar-refractivity contribution in [3.8, 4) is 0 Å². The lowest BCUT2D eigenvalue weighted by Crippen LogP contribution is -2.39. The van der Waals surface area contributed by atoms with E-state index in [0.29, 0.717) is 21.6 Å². The molecule has 1 aliphatic heterocycles. The van der Waals surface area contributed by atoms with Crippen molar-refractivity contribution in [3.05, 3.63) is 76.5 Å². The van der Waals surface area contributed by atoms with E-state index in [9.17, 15) is 8.42 Å². The van der Waals surface area contributed by atoms with E-state index in [1.165, 1.54) is 5.56 Å². The van der Waals surface area contributed by atoms with Crippen LogP contribution in [-0.4, -0.2) is 40.3 Å². The Bertz CT molecular complexity index is 1330. The van der Waals surface area contributed by atoms with Crippen molar-refractivity contribution in [1.29, 1.82) is 0 Å². The zero-order valence-electron chi connectivity index (χ0n) is 17.4. The number of sulfonamides is 1. The third-order valence-electron chi connectivity index (χ3n) is 5.93. The Morgan fingerprint density at radius 3 is 2.50 bits per heavy atom. The van der Waals surface area contributed by atoms with Crippen molar-refractivity contribution in [2.45, 2.75) is 35.9 Å². The number of rotatable bonds is 6. The van der Waals surface area contributed by atoms with Gasteiger partial charge in [-0.15, -0.1) is 11.3 Å². The molecule has 3 aromatic heterocycles. The number of benzene rings is 1. The van der Waals surface area contributed by atoms with E-state index in [4.69, 9.17) is 16.6 Å². The first-order chi connectivity index (χ1) is 15.5. The van der Waals surface area contributed by atoms with Crippen LogP contribution in [0, 0.1) is 0 Å². The first kappa shape index (κ1) is 21.6. The molecule has 1 saturated heterocycles. The van der Waals surface area contributed by atoms with E-state index in [0.717, 1.165) is 54.0 Å². The lowest BCUT2D eigenvalue weighted by molar-refractivity contribution is 0.273. The van der Waals surface area contributed by atoms with Crippen LogP contribution in [0.15, 0.2) is 65.0 Å². The van der Waals surface area contributed by atoms with E-state index >= 15 is 0 Å². The maximum Gasteiger partial charge on any atom is 0.252 e. The zero-order chi connectivity index (χ0) is 22.1. The average molecular weight is 487 g/mol. The van der Waals surface area contributed by atoms with Crippen molar-refractivity contribution in [3.63, 3.8) is 0 Å². The largest absolute Gasteiger partial charge is 0.309 e. The van der Waals surface area contributed by atoms with Gasteiger partial charge in [-0.1, -0.05) is 41.9 Å². The Balaban J connectivity index is 1.38. The summed E-state index contributed by atoms with van der Waals surface area (Å²) in [5, 5.41) is 0. The molecule has 0 unspecified atom stereocenters. The van der Waals surface area contributed by atoms with E-state index in [2.05, 4.69) is 33.8 Å². The van der Waals surface area contributed by atoms with Crippen LogP contribution < -0.4 is 0 Å². The van der Waals surface area contributed by atoms with Crippen LogP contribution in [0.2, 0.25) is 4.34 Å². The smallest absolute Gasteiger partial charge is 0.252 e. The minimum atomic E-state index is -3.51. The molecule has 0 radical (unpaired) electrons. The van der Waals surface area contributed by atoms with Gasteiger partial charge in [-0.3, -0.25) is 0 Å². The number of nitrogens with zero attached hydrogens (tertiary/aromatic N) is 4. The van der Waals surface area contributed by atoms with Crippen LogP contribution in [0.25, 0.3) is 11.2 Å². The maximum atomic E-state index is 13.0. The molecule has 0 atom stereocenters. The molecule has 0 bridgehead atoms. The van der Waals surface area contributed by atoms with Gasteiger partial charge >= 0.3 is 0 Å². The van der Waals surface area contributed by atoms with Crippen LogP contribution in [-0.2, 0) is 22.9 Å². The number of aromatic nitrogens is 3. The van der Waals surface area contributed by atoms with Gasteiger partial charge in [0.15, 0.2) is 5.65 Å². The SMILES string of the molecule is O=S(=O)(c1ccc(Cl)s1)N1CCC(n2c(CCc3ccccc3)nc3cccnc32)CC1. The van der Waals surface area contributed by atoms with E-state index in [1.54, 1.807) is 22.6 Å². The monoisotopic (exact) mass is 486 g/mol. The number of halogens is 1. The van der Waals surface area contributed by atoms with Crippen LogP contribution in [0.3, 0.4) is 0 Å². The van der Waals surface area contributed by atoms with Gasteiger partial charge in [-0.25, -0.2) is 18.4 Å². The fraction of sp³-hybridized carbons (Fsp3) is 0.304. The van der Waals surface area contributed by atoms with E-state index in [-0.39, 0.29) is 6.04 Å². The summed E-state index contributed by atoms with van der Waals surface area (Å²) >= 11 is 7.07. The zero-order valence-corrected chi connectivity index (χ0v) is 19.8. The second kappa shape index (κ2) is 8.94. The first-order valence-corrected chi connectivity index (χ1v) is 13.3. The van der Waals surface area contributed by atoms with Gasteiger partial charge in [0.25, 0.3) is 10.0 Å². The molecule has 0 spiro atoms. The summed E-state index contributed by atoms with van der Waals surface area (Å²) in [6.45, 7) is 0.931. The fourth-order valence-corrected chi connectivity index (χ4v) is 7.45. The third kappa shape index (κ3) is 4.20. The van der Waals surface area contributed by atoms with Gasteiger partial charge < -0.3 is 4.57 Å². The molecule has 0 N–H and O–H groups in total. The normalized spacial score (nSPS) is 16.0. The maximum absolute atomic E-state index is 13.0. The Kier molecular flexibility index (Phi) is 6.03. The fourth-order valence-electron chi connectivity index (χ4n) is 4.34. The highest BCUT2D eigenvalue weighted by atomic mass is 35.5. The lowest BCUT2D eigenvalue weighted by Gasteiger charge is -2.32. The minimum Gasteiger partial charge on any atom is -0.309 e. The van der Waals surface area contributed by atoms with Crippen LogP contribution in [0.5, 0.6) is 0 Å². The number of hydrogen-bond donors (Lipinski definition) is 0. The van der Waals surface area contributed by atoms with Gasteiger partial charge in [0, 0.05) is 31.7 Å². The number of piperidine rings is 1. The Morgan fingerprint density at radius 2 is 1.78 bits per heavy atom. The third-order valence-corrected chi connectivity index (χ3v) is 9.53. The van der Waals surface area contributed by atoms with Crippen molar-refractivity contribution in [1.82, 2.24) is 18.8 Å². The number of aryl methyl sites for hydroxylation is 2. The summed E-state index contributed by atoms with van der Waals surface area (Å²) < 4.78 is 30.6. The highest BCUT2D eigenvalue weighted by molar-refractivity contribution is 7.91. The summed E-state index contributed by atoms with van der Waals surface area (Å²) in [6.07, 6.45) is 4.95. The Labute approximate surface area is 196 Å². The van der Waals surface area contributed by atoms with Gasteiger partial charge in [-0.2, -0.15) is 4.31 Å². The van der Waals surface area contributed by atoms with Gasteiger partial charge in [0.2, 0.25) is 0 Å². The molecule has 1 fully saturated rings. The van der Waals surface area contributed by atoms with Crippen molar-refractivity contribution >= 4 is 44.1 Å². The molecule has 9 heteroatoms. The molecule has 0 aliphatic carbocycles. The Morgan fingerprint density at radius 1 is 1.00 bits per heavy atom. The summed E-state index contributed by atoms with van der Waals surface area (Å²) in [4.78, 5) is 9.48. The molecule has 32 heavy (non-hydrogen) atoms. The molecule has 1 aromatic carbocycles. The number of thiophene rings is 1. The molecule has 5 rings (SSSR count). The molecular formula is C23H23ClN4O2S2. The predicted octanol–water partition coefficient (Wildman–Crippen LogP) is 4.96. The number of hydrogen-bond acceptors (Lipinski definition) is 5. The van der Waals surface area contributed by atoms with E-state index < -0.39 is 10.0 Å². The molecular weight excluding hydrogens is 464 g/mol.